The molecule has 1 aromatic rings. The summed E-state index contributed by atoms with van der Waals surface area (Å²) in [5.74, 6) is -0.395. The van der Waals surface area contributed by atoms with E-state index in [0.717, 1.165) is 24.1 Å². The molecule has 1 heterocycles. The van der Waals surface area contributed by atoms with E-state index >= 15 is 0 Å². The zero-order valence-electron chi connectivity index (χ0n) is 14.1. The first kappa shape index (κ1) is 16.9. The molecule has 0 bridgehead atoms. The number of hydrogen-bond acceptors (Lipinski definition) is 7. The first-order valence-electron chi connectivity index (χ1n) is 8.07. The number of methoxy groups -OCH3 is 2. The maximum atomic E-state index is 12.3. The average molecular weight is 338 g/mol. The molecule has 2 aliphatic carbocycles. The number of carbonyl (C=O) groups is 2. The van der Waals surface area contributed by atoms with Crippen LogP contribution in [-0.4, -0.2) is 49.3 Å². The summed E-state index contributed by atoms with van der Waals surface area (Å²) in [7, 11) is 2.88. The Morgan fingerprint density at radius 2 is 2.08 bits per heavy atom. The van der Waals surface area contributed by atoms with E-state index in [9.17, 15) is 9.59 Å². The Balaban J connectivity index is 2.01. The SMILES string of the molecule is CCOC(=O)c1nn(CC(=O)OC)c2c1[C@H]1CC[C@H]1C2OCOC. The van der Waals surface area contributed by atoms with Gasteiger partial charge in [-0.25, -0.2) is 4.79 Å². The molecular weight excluding hydrogens is 316 g/mol. The van der Waals surface area contributed by atoms with Crippen LogP contribution in [0.3, 0.4) is 0 Å². The minimum Gasteiger partial charge on any atom is -0.468 e. The van der Waals surface area contributed by atoms with E-state index in [4.69, 9.17) is 18.9 Å². The molecule has 1 unspecified atom stereocenters. The molecule has 3 atom stereocenters. The Morgan fingerprint density at radius 3 is 2.67 bits per heavy atom. The molecule has 0 aliphatic heterocycles. The summed E-state index contributed by atoms with van der Waals surface area (Å²) in [4.78, 5) is 24.0. The lowest BCUT2D eigenvalue weighted by Crippen LogP contribution is -2.27. The van der Waals surface area contributed by atoms with E-state index in [1.807, 2.05) is 0 Å². The van der Waals surface area contributed by atoms with Gasteiger partial charge in [-0.2, -0.15) is 5.10 Å². The number of aromatic nitrogens is 2. The molecule has 1 fully saturated rings. The summed E-state index contributed by atoms with van der Waals surface area (Å²) in [6.07, 6.45) is 1.74. The number of hydrogen-bond donors (Lipinski definition) is 0. The largest absolute Gasteiger partial charge is 0.468 e. The summed E-state index contributed by atoms with van der Waals surface area (Å²) < 4.78 is 22.2. The van der Waals surface area contributed by atoms with E-state index in [-0.39, 0.29) is 43.6 Å². The highest BCUT2D eigenvalue weighted by Gasteiger charge is 2.52. The van der Waals surface area contributed by atoms with Gasteiger partial charge in [-0.3, -0.25) is 9.48 Å². The summed E-state index contributed by atoms with van der Waals surface area (Å²) in [6, 6.07) is 0. The number of rotatable bonds is 7. The lowest BCUT2D eigenvalue weighted by Gasteiger charge is -2.34. The van der Waals surface area contributed by atoms with Crippen molar-refractivity contribution in [2.45, 2.75) is 38.3 Å². The predicted molar refractivity (Wildman–Crippen MR) is 81.4 cm³/mol. The second-order valence-corrected chi connectivity index (χ2v) is 5.94. The third kappa shape index (κ3) is 2.69. The maximum Gasteiger partial charge on any atom is 0.359 e. The van der Waals surface area contributed by atoms with Crippen LogP contribution in [0.25, 0.3) is 0 Å². The molecule has 132 valence electrons. The van der Waals surface area contributed by atoms with Gasteiger partial charge in [0.05, 0.1) is 19.4 Å². The second-order valence-electron chi connectivity index (χ2n) is 5.94. The topological polar surface area (TPSA) is 88.9 Å². The first-order chi connectivity index (χ1) is 11.6. The van der Waals surface area contributed by atoms with Gasteiger partial charge in [0, 0.05) is 12.7 Å². The normalized spacial score (nSPS) is 24.0. The van der Waals surface area contributed by atoms with E-state index in [0.29, 0.717) is 0 Å². The van der Waals surface area contributed by atoms with Gasteiger partial charge >= 0.3 is 11.9 Å². The molecular formula is C16H22N2O6. The van der Waals surface area contributed by atoms with Crippen molar-refractivity contribution < 1.29 is 28.5 Å². The van der Waals surface area contributed by atoms with Crippen LogP contribution in [0.5, 0.6) is 0 Å². The van der Waals surface area contributed by atoms with E-state index < -0.39 is 11.9 Å². The van der Waals surface area contributed by atoms with E-state index in [1.54, 1.807) is 14.0 Å². The molecule has 0 saturated heterocycles. The van der Waals surface area contributed by atoms with Crippen molar-refractivity contribution in [2.75, 3.05) is 27.6 Å². The van der Waals surface area contributed by atoms with E-state index in [1.165, 1.54) is 11.8 Å². The number of carbonyl (C=O) groups excluding carboxylic acids is 2. The van der Waals surface area contributed by atoms with Crippen molar-refractivity contribution in [3.8, 4) is 0 Å². The van der Waals surface area contributed by atoms with Crippen LogP contribution in [0.4, 0.5) is 0 Å². The zero-order valence-corrected chi connectivity index (χ0v) is 14.1. The molecule has 3 rings (SSSR count). The number of esters is 2. The minimum atomic E-state index is -0.463. The Labute approximate surface area is 140 Å². The smallest absolute Gasteiger partial charge is 0.359 e. The van der Waals surface area contributed by atoms with Gasteiger partial charge in [0.1, 0.15) is 19.4 Å². The van der Waals surface area contributed by atoms with Crippen LogP contribution < -0.4 is 0 Å². The molecule has 1 aromatic heterocycles. The van der Waals surface area contributed by atoms with Crippen molar-refractivity contribution in [3.05, 3.63) is 17.0 Å². The van der Waals surface area contributed by atoms with Gasteiger partial charge < -0.3 is 18.9 Å². The fourth-order valence-electron chi connectivity index (χ4n) is 3.61. The van der Waals surface area contributed by atoms with Crippen molar-refractivity contribution >= 4 is 11.9 Å². The van der Waals surface area contributed by atoms with Gasteiger partial charge in [0.25, 0.3) is 0 Å². The highest BCUT2D eigenvalue weighted by atomic mass is 16.7. The van der Waals surface area contributed by atoms with Crippen molar-refractivity contribution in [3.63, 3.8) is 0 Å². The lowest BCUT2D eigenvalue weighted by atomic mass is 9.73. The van der Waals surface area contributed by atoms with Gasteiger partial charge in [0.15, 0.2) is 5.69 Å². The summed E-state index contributed by atoms with van der Waals surface area (Å²) >= 11 is 0. The quantitative estimate of drug-likeness (QED) is 0.548. The van der Waals surface area contributed by atoms with Crippen LogP contribution >= 0.6 is 0 Å². The maximum absolute atomic E-state index is 12.3. The first-order valence-corrected chi connectivity index (χ1v) is 8.07. The van der Waals surface area contributed by atoms with Gasteiger partial charge in [-0.1, -0.05) is 0 Å². The number of nitrogens with zero attached hydrogens (tertiary/aromatic N) is 2. The van der Waals surface area contributed by atoms with Crippen LogP contribution in [0.15, 0.2) is 0 Å². The Bertz CT molecular complexity index is 641. The zero-order chi connectivity index (χ0) is 17.3. The third-order valence-corrected chi connectivity index (χ3v) is 4.73. The molecule has 0 amide bonds. The van der Waals surface area contributed by atoms with Gasteiger partial charge in [-0.05, 0) is 31.6 Å². The van der Waals surface area contributed by atoms with Crippen LogP contribution in [0.1, 0.15) is 53.5 Å². The third-order valence-electron chi connectivity index (χ3n) is 4.73. The molecule has 24 heavy (non-hydrogen) atoms. The summed E-state index contributed by atoms with van der Waals surface area (Å²) in [6.45, 7) is 2.10. The fourth-order valence-corrected chi connectivity index (χ4v) is 3.61. The average Bonchev–Trinajstić information content (AvgIpc) is 2.98. The van der Waals surface area contributed by atoms with Crippen LogP contribution in [-0.2, 0) is 30.3 Å². The Hall–Kier alpha value is -1.93. The highest BCUT2D eigenvalue weighted by Crippen LogP contribution is 2.59. The standard InChI is InChI=1S/C16H22N2O6/c1-4-23-16(20)13-12-9-5-6-10(9)15(24-8-21-2)14(12)18(17-13)7-11(19)22-3/h9-10,15H,4-8H2,1-3H3/t9-,10+,15?/m0/s1. The fraction of sp³-hybridized carbons (Fsp3) is 0.688. The number of ether oxygens (including phenoxy) is 4. The van der Waals surface area contributed by atoms with Gasteiger partial charge in [0.2, 0.25) is 0 Å². The van der Waals surface area contributed by atoms with E-state index in [2.05, 4.69) is 5.10 Å². The molecule has 0 aromatic carbocycles. The van der Waals surface area contributed by atoms with Gasteiger partial charge in [-0.15, -0.1) is 0 Å². The van der Waals surface area contributed by atoms with Crippen molar-refractivity contribution in [1.82, 2.24) is 9.78 Å². The molecule has 1 saturated carbocycles. The summed E-state index contributed by atoms with van der Waals surface area (Å²) in [5, 5.41) is 4.34. The number of fused-ring (bicyclic) bond motifs is 3. The second kappa shape index (κ2) is 6.90. The minimum absolute atomic E-state index is 0.0650. The van der Waals surface area contributed by atoms with Crippen LogP contribution in [0.2, 0.25) is 0 Å². The van der Waals surface area contributed by atoms with Crippen molar-refractivity contribution in [1.29, 1.82) is 0 Å². The predicted octanol–water partition coefficient (Wildman–Crippen LogP) is 1.40. The monoisotopic (exact) mass is 338 g/mol. The molecule has 8 nitrogen and oxygen atoms in total. The molecule has 8 heteroatoms. The molecule has 0 N–H and O–H groups in total. The molecule has 0 spiro atoms. The molecule has 2 aliphatic rings. The van der Waals surface area contributed by atoms with Crippen molar-refractivity contribution in [2.24, 2.45) is 5.92 Å². The summed E-state index contributed by atoms with van der Waals surface area (Å²) in [5.41, 5.74) is 1.91. The highest BCUT2D eigenvalue weighted by molar-refractivity contribution is 5.90. The lowest BCUT2D eigenvalue weighted by molar-refractivity contribution is -0.141. The molecule has 0 radical (unpaired) electrons. The van der Waals surface area contributed by atoms with Crippen LogP contribution in [0, 0.1) is 5.92 Å². The Morgan fingerprint density at radius 1 is 1.29 bits per heavy atom. The Kier molecular flexibility index (Phi) is 4.86.